The number of carboxylic acid groups (broad SMARTS) is 1. The Morgan fingerprint density at radius 1 is 1.11 bits per heavy atom. The van der Waals surface area contributed by atoms with Crippen molar-refractivity contribution in [2.45, 2.75) is 19.3 Å². The molecule has 1 heterocycles. The van der Waals surface area contributed by atoms with Crippen LogP contribution in [-0.2, 0) is 19.3 Å². The molecule has 2 aromatic carbocycles. The van der Waals surface area contributed by atoms with Crippen molar-refractivity contribution in [1.29, 1.82) is 0 Å². The van der Waals surface area contributed by atoms with Gasteiger partial charge in [-0.05, 0) is 35.4 Å². The van der Waals surface area contributed by atoms with Crippen molar-refractivity contribution in [2.24, 2.45) is 0 Å². The molecule has 0 saturated carbocycles. The maximum Gasteiger partial charge on any atom is 0.416 e. The van der Waals surface area contributed by atoms with Gasteiger partial charge in [0.1, 0.15) is 5.75 Å². The fraction of sp³-hybridized carbons (Fsp3) is 0.316. The van der Waals surface area contributed by atoms with E-state index in [1.165, 1.54) is 37.4 Å². The molecule has 0 unspecified atom stereocenters. The Balaban J connectivity index is 1.61. The maximum atomic E-state index is 12.6. The van der Waals surface area contributed by atoms with Crippen LogP contribution in [0.1, 0.15) is 27.0 Å². The van der Waals surface area contributed by atoms with Crippen LogP contribution in [0, 0.1) is 0 Å². The fourth-order valence-electron chi connectivity index (χ4n) is 2.90. The fourth-order valence-corrected chi connectivity index (χ4v) is 3.95. The van der Waals surface area contributed by atoms with E-state index >= 15 is 0 Å². The average molecular weight is 412 g/mol. The predicted octanol–water partition coefficient (Wildman–Crippen LogP) is 4.29. The Morgan fingerprint density at radius 2 is 1.75 bits per heavy atom. The van der Waals surface area contributed by atoms with E-state index in [2.05, 4.69) is 0 Å². The Labute approximate surface area is 165 Å². The smallest absolute Gasteiger partial charge is 0.416 e. The van der Waals surface area contributed by atoms with Gasteiger partial charge in [-0.3, -0.25) is 0 Å². The van der Waals surface area contributed by atoms with E-state index in [9.17, 15) is 23.1 Å². The van der Waals surface area contributed by atoms with Crippen LogP contribution >= 0.6 is 12.1 Å². The highest BCUT2D eigenvalue weighted by molar-refractivity contribution is 7.94. The molecule has 1 aliphatic rings. The molecule has 0 aliphatic carbocycles. The van der Waals surface area contributed by atoms with Gasteiger partial charge in [-0.15, -0.1) is 0 Å². The Hall–Kier alpha value is -2.23. The van der Waals surface area contributed by atoms with Crippen molar-refractivity contribution in [1.82, 2.24) is 8.61 Å². The normalized spacial score (nSPS) is 15.7. The van der Waals surface area contributed by atoms with Gasteiger partial charge >= 0.3 is 12.1 Å². The summed E-state index contributed by atoms with van der Waals surface area (Å²) in [5, 5.41) is 9.41. The zero-order valence-corrected chi connectivity index (χ0v) is 15.9. The van der Waals surface area contributed by atoms with Crippen molar-refractivity contribution >= 4 is 18.1 Å². The van der Waals surface area contributed by atoms with Crippen LogP contribution < -0.4 is 4.74 Å². The number of rotatable bonds is 6. The molecule has 0 bridgehead atoms. The molecular weight excluding hydrogens is 393 g/mol. The molecule has 5 nitrogen and oxygen atoms in total. The lowest BCUT2D eigenvalue weighted by Gasteiger charge is -2.18. The van der Waals surface area contributed by atoms with Crippen molar-refractivity contribution in [2.75, 3.05) is 20.2 Å². The number of ether oxygens (including phenoxy) is 1. The lowest BCUT2D eigenvalue weighted by molar-refractivity contribution is -0.137. The topological polar surface area (TPSA) is 53.0 Å². The number of carboxylic acids is 1. The Morgan fingerprint density at radius 3 is 2.32 bits per heavy atom. The third-order valence-corrected chi connectivity index (χ3v) is 5.45. The predicted molar refractivity (Wildman–Crippen MR) is 99.8 cm³/mol. The summed E-state index contributed by atoms with van der Waals surface area (Å²) >= 11 is 1.46. The lowest BCUT2D eigenvalue weighted by Crippen LogP contribution is -2.15. The third kappa shape index (κ3) is 4.98. The van der Waals surface area contributed by atoms with Crippen LogP contribution in [0.3, 0.4) is 0 Å². The van der Waals surface area contributed by atoms with Gasteiger partial charge in [-0.2, -0.15) is 13.2 Å². The van der Waals surface area contributed by atoms with Crippen molar-refractivity contribution < 1.29 is 27.8 Å². The first kappa shape index (κ1) is 20.5. The number of nitrogens with zero attached hydrogens (tertiary/aromatic N) is 2. The molecule has 0 aromatic heterocycles. The van der Waals surface area contributed by atoms with E-state index in [1.807, 2.05) is 8.61 Å². The van der Waals surface area contributed by atoms with E-state index in [-0.39, 0.29) is 5.56 Å². The molecule has 0 amide bonds. The highest BCUT2D eigenvalue weighted by Gasteiger charge is 2.30. The van der Waals surface area contributed by atoms with Gasteiger partial charge in [-0.1, -0.05) is 18.2 Å². The van der Waals surface area contributed by atoms with Crippen LogP contribution in [0.2, 0.25) is 0 Å². The summed E-state index contributed by atoms with van der Waals surface area (Å²) in [6.07, 6.45) is -4.34. The first-order chi connectivity index (χ1) is 13.3. The number of halogens is 3. The number of aromatic carboxylic acids is 1. The van der Waals surface area contributed by atoms with E-state index in [0.717, 1.165) is 30.8 Å². The van der Waals surface area contributed by atoms with Gasteiger partial charge in [0.15, 0.2) is 0 Å². The van der Waals surface area contributed by atoms with Crippen molar-refractivity contribution in [3.05, 3.63) is 64.7 Å². The zero-order valence-electron chi connectivity index (χ0n) is 15.1. The Bertz CT molecular complexity index is 843. The molecule has 2 aromatic rings. The van der Waals surface area contributed by atoms with Gasteiger partial charge in [0.05, 0.1) is 18.2 Å². The number of carbonyl (C=O) groups is 1. The highest BCUT2D eigenvalue weighted by atomic mass is 32.2. The highest BCUT2D eigenvalue weighted by Crippen LogP contribution is 2.31. The number of benzene rings is 2. The van der Waals surface area contributed by atoms with Crippen molar-refractivity contribution in [3.63, 3.8) is 0 Å². The zero-order chi connectivity index (χ0) is 20.3. The molecular formula is C19H19F3N2O3S. The molecule has 0 radical (unpaired) electrons. The summed E-state index contributed by atoms with van der Waals surface area (Å²) in [5.41, 5.74) is 1.00. The molecule has 3 rings (SSSR count). The minimum atomic E-state index is -4.34. The second kappa shape index (κ2) is 8.42. The summed E-state index contributed by atoms with van der Waals surface area (Å²) in [6, 6.07) is 10.1. The summed E-state index contributed by atoms with van der Waals surface area (Å²) in [7, 11) is 1.48. The molecule has 1 aliphatic heterocycles. The quantitative estimate of drug-likeness (QED) is 0.715. The van der Waals surface area contributed by atoms with E-state index in [0.29, 0.717) is 24.4 Å². The molecule has 0 spiro atoms. The standard InChI is InChI=1S/C19H19F3N2O3S/c1-27-16-7-4-14(17(10-16)18(25)26)12-24-9-8-23(28-24)11-13-2-5-15(6-3-13)19(20,21)22/h2-7,10H,8-9,11-12H2,1H3,(H,25,26). The molecule has 1 N–H and O–H groups in total. The van der Waals surface area contributed by atoms with Crippen LogP contribution in [-0.4, -0.2) is 39.9 Å². The minimum Gasteiger partial charge on any atom is -0.497 e. The summed E-state index contributed by atoms with van der Waals surface area (Å²) in [6.45, 7) is 2.40. The summed E-state index contributed by atoms with van der Waals surface area (Å²) in [4.78, 5) is 11.5. The summed E-state index contributed by atoms with van der Waals surface area (Å²) < 4.78 is 47.1. The van der Waals surface area contributed by atoms with E-state index in [1.54, 1.807) is 12.1 Å². The molecule has 28 heavy (non-hydrogen) atoms. The van der Waals surface area contributed by atoms with Crippen LogP contribution in [0.15, 0.2) is 42.5 Å². The SMILES string of the molecule is COc1ccc(CN2CCN(Cc3ccc(C(F)(F)F)cc3)S2)c(C(=O)O)c1. The average Bonchev–Trinajstić information content (AvgIpc) is 3.08. The number of hydrogen-bond donors (Lipinski definition) is 1. The van der Waals surface area contributed by atoms with E-state index < -0.39 is 17.7 Å². The monoisotopic (exact) mass is 412 g/mol. The molecule has 150 valence electrons. The van der Waals surface area contributed by atoms with Crippen molar-refractivity contribution in [3.8, 4) is 5.75 Å². The van der Waals surface area contributed by atoms with Crippen LogP contribution in [0.5, 0.6) is 5.75 Å². The molecule has 1 saturated heterocycles. The number of hydrogen-bond acceptors (Lipinski definition) is 5. The largest absolute Gasteiger partial charge is 0.497 e. The van der Waals surface area contributed by atoms with Gasteiger partial charge < -0.3 is 9.84 Å². The summed E-state index contributed by atoms with van der Waals surface area (Å²) in [5.74, 6) is -0.529. The minimum absolute atomic E-state index is 0.195. The third-order valence-electron chi connectivity index (χ3n) is 4.36. The second-order valence-corrected chi connectivity index (χ2v) is 7.53. The molecule has 1 fully saturated rings. The maximum absolute atomic E-state index is 12.6. The molecule has 9 heteroatoms. The lowest BCUT2D eigenvalue weighted by atomic mass is 10.1. The second-order valence-electron chi connectivity index (χ2n) is 6.33. The first-order valence-electron chi connectivity index (χ1n) is 8.50. The van der Waals surface area contributed by atoms with Crippen LogP contribution in [0.25, 0.3) is 0 Å². The van der Waals surface area contributed by atoms with E-state index in [4.69, 9.17) is 4.74 Å². The first-order valence-corrected chi connectivity index (χ1v) is 9.23. The van der Waals surface area contributed by atoms with Gasteiger partial charge in [-0.25, -0.2) is 13.4 Å². The number of alkyl halides is 3. The van der Waals surface area contributed by atoms with Gasteiger partial charge in [0, 0.05) is 38.3 Å². The van der Waals surface area contributed by atoms with Gasteiger partial charge in [0.2, 0.25) is 0 Å². The number of methoxy groups -OCH3 is 1. The Kier molecular flexibility index (Phi) is 6.17. The van der Waals surface area contributed by atoms with Crippen LogP contribution in [0.4, 0.5) is 13.2 Å². The molecule has 0 atom stereocenters. The van der Waals surface area contributed by atoms with Gasteiger partial charge in [0.25, 0.3) is 0 Å².